The van der Waals surface area contributed by atoms with E-state index < -0.39 is 26.0 Å². The molecule has 1 saturated carbocycles. The van der Waals surface area contributed by atoms with Crippen molar-refractivity contribution in [1.29, 1.82) is 0 Å². The predicted molar refractivity (Wildman–Crippen MR) is 94.1 cm³/mol. The lowest BCUT2D eigenvalue weighted by atomic mass is 10.1. The Hall–Kier alpha value is -2.27. The number of aliphatic carboxylic acids is 1. The van der Waals surface area contributed by atoms with Crippen LogP contribution in [0.15, 0.2) is 64.4 Å². The topological polar surface area (TPSA) is 158 Å². The van der Waals surface area contributed by atoms with Gasteiger partial charge in [0.05, 0.1) is 15.7 Å². The van der Waals surface area contributed by atoms with E-state index in [9.17, 15) is 21.6 Å². The summed E-state index contributed by atoms with van der Waals surface area (Å²) in [6.45, 7) is 0. The number of nitrogens with two attached hydrogens (primary N) is 2. The van der Waals surface area contributed by atoms with Gasteiger partial charge in [-0.1, -0.05) is 30.3 Å². The zero-order valence-corrected chi connectivity index (χ0v) is 15.2. The number of carbonyl (C=O) groups is 1. The number of primary sulfonamides is 2. The van der Waals surface area contributed by atoms with Crippen LogP contribution in [-0.2, 0) is 24.8 Å². The molecule has 0 spiro atoms. The molecular formula is C16H18N2O6S2. The first-order chi connectivity index (χ1) is 12.0. The van der Waals surface area contributed by atoms with Crippen molar-refractivity contribution in [2.75, 3.05) is 0 Å². The van der Waals surface area contributed by atoms with E-state index in [0.717, 1.165) is 5.56 Å². The monoisotopic (exact) mass is 398 g/mol. The molecule has 0 aromatic heterocycles. The van der Waals surface area contributed by atoms with Crippen LogP contribution in [0.4, 0.5) is 0 Å². The van der Waals surface area contributed by atoms with Crippen LogP contribution in [0.25, 0.3) is 0 Å². The lowest BCUT2D eigenvalue weighted by molar-refractivity contribution is -0.138. The highest BCUT2D eigenvalue weighted by Crippen LogP contribution is 2.47. The second-order valence-electron chi connectivity index (χ2n) is 5.76. The van der Waals surface area contributed by atoms with Gasteiger partial charge in [-0.05, 0) is 42.2 Å². The molecule has 0 unspecified atom stereocenters. The first kappa shape index (κ1) is 20.0. The maximum Gasteiger partial charge on any atom is 0.307 e. The molecule has 1 fully saturated rings. The molecule has 0 bridgehead atoms. The SMILES string of the molecule is NS(=O)(=O)c1ccc([C@@H]2C[C@H]2C(=O)O)cc1.NS(=O)(=O)c1ccccc1. The van der Waals surface area contributed by atoms with Crippen molar-refractivity contribution in [1.82, 2.24) is 0 Å². The molecule has 2 atom stereocenters. The molecule has 0 saturated heterocycles. The Morgan fingerprint density at radius 1 is 0.846 bits per heavy atom. The standard InChI is InChI=1S/C10H11NO4S.C6H7NO2S/c11-16(14,15)7-3-1-6(2-4-7)8-5-9(8)10(12)13;7-10(8,9)6-4-2-1-3-5-6/h1-4,8-9H,5H2,(H,12,13)(H2,11,14,15);1-5H,(H2,7,8,9)/t8-,9+;/m0./s1. The van der Waals surface area contributed by atoms with E-state index in [1.54, 1.807) is 30.3 Å². The molecule has 5 N–H and O–H groups in total. The van der Waals surface area contributed by atoms with Crippen molar-refractivity contribution in [3.8, 4) is 0 Å². The van der Waals surface area contributed by atoms with E-state index in [2.05, 4.69) is 0 Å². The Kier molecular flexibility index (Phi) is 5.81. The summed E-state index contributed by atoms with van der Waals surface area (Å²) in [7, 11) is -7.17. The fourth-order valence-electron chi connectivity index (χ4n) is 2.35. The fourth-order valence-corrected chi connectivity index (χ4v) is 3.40. The minimum absolute atomic E-state index is 0.00651. The van der Waals surface area contributed by atoms with Gasteiger partial charge >= 0.3 is 5.97 Å². The van der Waals surface area contributed by atoms with E-state index in [1.165, 1.54) is 24.3 Å². The summed E-state index contributed by atoms with van der Waals surface area (Å²) in [6, 6.07) is 13.9. The molecule has 0 aliphatic heterocycles. The minimum Gasteiger partial charge on any atom is -0.481 e. The second-order valence-corrected chi connectivity index (χ2v) is 8.88. The molecule has 140 valence electrons. The normalized spacial score (nSPS) is 19.2. The number of benzene rings is 2. The number of hydrogen-bond donors (Lipinski definition) is 3. The van der Waals surface area contributed by atoms with Crippen LogP contribution in [0.2, 0.25) is 0 Å². The van der Waals surface area contributed by atoms with Crippen LogP contribution < -0.4 is 10.3 Å². The molecule has 2 aromatic rings. The molecule has 26 heavy (non-hydrogen) atoms. The molecule has 0 radical (unpaired) electrons. The molecule has 0 amide bonds. The van der Waals surface area contributed by atoms with E-state index in [1.807, 2.05) is 0 Å². The molecule has 1 aliphatic rings. The number of rotatable bonds is 4. The molecule has 3 rings (SSSR count). The summed E-state index contributed by atoms with van der Waals surface area (Å²) in [4.78, 5) is 10.8. The van der Waals surface area contributed by atoms with Gasteiger partial charge in [-0.2, -0.15) is 0 Å². The van der Waals surface area contributed by atoms with Gasteiger partial charge in [0.2, 0.25) is 20.0 Å². The highest BCUT2D eigenvalue weighted by atomic mass is 32.2. The maximum atomic E-state index is 11.0. The lowest BCUT2D eigenvalue weighted by Crippen LogP contribution is -2.11. The van der Waals surface area contributed by atoms with Gasteiger partial charge in [-0.25, -0.2) is 27.1 Å². The highest BCUT2D eigenvalue weighted by molar-refractivity contribution is 7.89. The Bertz CT molecular complexity index is 987. The van der Waals surface area contributed by atoms with Crippen LogP contribution >= 0.6 is 0 Å². The van der Waals surface area contributed by atoms with Crippen LogP contribution in [0.3, 0.4) is 0 Å². The summed E-state index contributed by atoms with van der Waals surface area (Å²) in [5.74, 6) is -1.13. The van der Waals surface area contributed by atoms with Gasteiger partial charge in [-0.3, -0.25) is 4.79 Å². The first-order valence-corrected chi connectivity index (χ1v) is 10.5. The zero-order chi connectivity index (χ0) is 19.5. The number of carboxylic acids is 1. The lowest BCUT2D eigenvalue weighted by Gasteiger charge is -2.01. The largest absolute Gasteiger partial charge is 0.481 e. The van der Waals surface area contributed by atoms with Gasteiger partial charge in [0, 0.05) is 0 Å². The van der Waals surface area contributed by atoms with Crippen LogP contribution in [0.1, 0.15) is 17.9 Å². The third-order valence-electron chi connectivity index (χ3n) is 3.82. The molecule has 2 aromatic carbocycles. The first-order valence-electron chi connectivity index (χ1n) is 7.43. The summed E-state index contributed by atoms with van der Waals surface area (Å²) in [5.41, 5.74) is 0.847. The van der Waals surface area contributed by atoms with Crippen molar-refractivity contribution in [2.24, 2.45) is 16.2 Å². The maximum absolute atomic E-state index is 11.0. The number of hydrogen-bond acceptors (Lipinski definition) is 5. The minimum atomic E-state index is -3.67. The average Bonchev–Trinajstić information content (AvgIpc) is 3.36. The highest BCUT2D eigenvalue weighted by Gasteiger charge is 2.44. The summed E-state index contributed by atoms with van der Waals surface area (Å²) in [6.07, 6.45) is 0.615. The van der Waals surface area contributed by atoms with Crippen molar-refractivity contribution < 1.29 is 26.7 Å². The van der Waals surface area contributed by atoms with E-state index in [0.29, 0.717) is 6.42 Å². The van der Waals surface area contributed by atoms with Crippen molar-refractivity contribution >= 4 is 26.0 Å². The number of carboxylic acid groups (broad SMARTS) is 1. The predicted octanol–water partition coefficient (Wildman–Crippen LogP) is 0.856. The van der Waals surface area contributed by atoms with Crippen LogP contribution in [0.5, 0.6) is 0 Å². The van der Waals surface area contributed by atoms with Gasteiger partial charge in [0.15, 0.2) is 0 Å². The Labute approximate surface area is 151 Å². The van der Waals surface area contributed by atoms with Gasteiger partial charge < -0.3 is 5.11 Å². The van der Waals surface area contributed by atoms with E-state index in [-0.39, 0.29) is 21.6 Å². The van der Waals surface area contributed by atoms with Gasteiger partial charge in [-0.15, -0.1) is 0 Å². The third kappa shape index (κ3) is 5.36. The van der Waals surface area contributed by atoms with Crippen molar-refractivity contribution in [2.45, 2.75) is 22.1 Å². The molecular weight excluding hydrogens is 380 g/mol. The van der Waals surface area contributed by atoms with Crippen molar-refractivity contribution in [3.63, 3.8) is 0 Å². The van der Waals surface area contributed by atoms with Gasteiger partial charge in [0.1, 0.15) is 0 Å². The molecule has 10 heteroatoms. The van der Waals surface area contributed by atoms with E-state index in [4.69, 9.17) is 15.4 Å². The third-order valence-corrected chi connectivity index (χ3v) is 5.67. The number of sulfonamides is 2. The summed E-state index contributed by atoms with van der Waals surface area (Å²) < 4.78 is 43.2. The van der Waals surface area contributed by atoms with Gasteiger partial charge in [0.25, 0.3) is 0 Å². The smallest absolute Gasteiger partial charge is 0.307 e. The van der Waals surface area contributed by atoms with Crippen LogP contribution in [0, 0.1) is 5.92 Å². The zero-order valence-electron chi connectivity index (χ0n) is 13.5. The van der Waals surface area contributed by atoms with Crippen LogP contribution in [-0.4, -0.2) is 27.9 Å². The summed E-state index contributed by atoms with van der Waals surface area (Å²) in [5, 5.41) is 18.5. The van der Waals surface area contributed by atoms with Crippen molar-refractivity contribution in [3.05, 3.63) is 60.2 Å². The fraction of sp³-hybridized carbons (Fsp3) is 0.188. The molecule has 1 aliphatic carbocycles. The average molecular weight is 398 g/mol. The molecule has 0 heterocycles. The quantitative estimate of drug-likeness (QED) is 0.693. The Balaban J connectivity index is 0.000000209. The Morgan fingerprint density at radius 3 is 1.65 bits per heavy atom. The Morgan fingerprint density at radius 2 is 1.31 bits per heavy atom. The summed E-state index contributed by atoms with van der Waals surface area (Å²) >= 11 is 0. The second kappa shape index (κ2) is 7.54. The van der Waals surface area contributed by atoms with E-state index >= 15 is 0 Å². The molecule has 8 nitrogen and oxygen atoms in total.